The Kier molecular flexibility index (Phi) is 2.56. The highest BCUT2D eigenvalue weighted by Crippen LogP contribution is 2.16. The number of rotatable bonds is 2. The highest BCUT2D eigenvalue weighted by Gasteiger charge is 2.09. The van der Waals surface area contributed by atoms with Gasteiger partial charge in [-0.3, -0.25) is 0 Å². The molecule has 0 amide bonds. The van der Waals surface area contributed by atoms with Gasteiger partial charge in [-0.05, 0) is 18.2 Å². The number of carbonyl (C=O) groups is 1. The number of hydrogen-bond donors (Lipinski definition) is 1. The predicted octanol–water partition coefficient (Wildman–Crippen LogP) is 1.37. The minimum absolute atomic E-state index is 0.0850. The summed E-state index contributed by atoms with van der Waals surface area (Å²) in [4.78, 5) is 10.7. The number of ether oxygens (including phenoxy) is 1. The van der Waals surface area contributed by atoms with Crippen molar-refractivity contribution in [2.24, 2.45) is 0 Å². The molecule has 0 heterocycles. The van der Waals surface area contributed by atoms with Gasteiger partial charge in [0, 0.05) is 5.56 Å². The van der Waals surface area contributed by atoms with Gasteiger partial charge in [0.25, 0.3) is 0 Å². The highest BCUT2D eigenvalue weighted by molar-refractivity contribution is 5.91. The van der Waals surface area contributed by atoms with E-state index < -0.39 is 5.97 Å². The van der Waals surface area contributed by atoms with Gasteiger partial charge in [-0.1, -0.05) is 5.92 Å². The Labute approximate surface area is 76.0 Å². The second-order valence-corrected chi connectivity index (χ2v) is 2.36. The fourth-order valence-corrected chi connectivity index (χ4v) is 0.953. The second kappa shape index (κ2) is 3.63. The molecule has 1 aromatic rings. The van der Waals surface area contributed by atoms with Crippen LogP contribution in [0.2, 0.25) is 0 Å². The number of carboxylic acid groups (broad SMARTS) is 1. The van der Waals surface area contributed by atoms with E-state index in [9.17, 15) is 4.79 Å². The molecule has 1 rings (SSSR count). The van der Waals surface area contributed by atoms with Gasteiger partial charge in [0.05, 0.1) is 12.7 Å². The predicted molar refractivity (Wildman–Crippen MR) is 47.9 cm³/mol. The van der Waals surface area contributed by atoms with Crippen molar-refractivity contribution in [2.45, 2.75) is 0 Å². The van der Waals surface area contributed by atoms with Crippen LogP contribution in [0.5, 0.6) is 5.75 Å². The molecular formula is C10H8O3. The van der Waals surface area contributed by atoms with E-state index in [1.54, 1.807) is 12.1 Å². The van der Waals surface area contributed by atoms with Gasteiger partial charge < -0.3 is 9.84 Å². The summed E-state index contributed by atoms with van der Waals surface area (Å²) in [5, 5.41) is 8.77. The molecule has 0 fully saturated rings. The van der Waals surface area contributed by atoms with Crippen molar-refractivity contribution in [2.75, 3.05) is 7.11 Å². The lowest BCUT2D eigenvalue weighted by molar-refractivity contribution is 0.0696. The molecule has 3 nitrogen and oxygen atoms in total. The summed E-state index contributed by atoms with van der Waals surface area (Å²) < 4.78 is 4.87. The Morgan fingerprint density at radius 3 is 2.77 bits per heavy atom. The van der Waals surface area contributed by atoms with Gasteiger partial charge in [-0.25, -0.2) is 4.79 Å². The van der Waals surface area contributed by atoms with E-state index >= 15 is 0 Å². The van der Waals surface area contributed by atoms with Crippen molar-refractivity contribution in [3.05, 3.63) is 29.3 Å². The summed E-state index contributed by atoms with van der Waals surface area (Å²) in [7, 11) is 1.47. The molecule has 0 bridgehead atoms. The first-order valence-electron chi connectivity index (χ1n) is 3.57. The fourth-order valence-electron chi connectivity index (χ4n) is 0.953. The molecule has 1 aromatic carbocycles. The maximum Gasteiger partial charge on any atom is 0.337 e. The summed E-state index contributed by atoms with van der Waals surface area (Å²) >= 11 is 0. The molecule has 0 aromatic heterocycles. The van der Waals surface area contributed by atoms with E-state index in [1.165, 1.54) is 13.2 Å². The third-order valence-corrected chi connectivity index (χ3v) is 1.61. The topological polar surface area (TPSA) is 46.5 Å². The molecule has 0 saturated heterocycles. The van der Waals surface area contributed by atoms with Crippen LogP contribution in [0.1, 0.15) is 15.9 Å². The van der Waals surface area contributed by atoms with E-state index in [0.29, 0.717) is 11.3 Å². The van der Waals surface area contributed by atoms with Crippen molar-refractivity contribution in [1.82, 2.24) is 0 Å². The number of aromatic carboxylic acids is 1. The first kappa shape index (κ1) is 9.14. The molecule has 0 unspecified atom stereocenters. The van der Waals surface area contributed by atoms with Crippen LogP contribution in [0.25, 0.3) is 0 Å². The Balaban J connectivity index is 3.28. The molecule has 0 aliphatic heterocycles. The van der Waals surface area contributed by atoms with Crippen molar-refractivity contribution in [3.63, 3.8) is 0 Å². The average molecular weight is 176 g/mol. The molecule has 0 atom stereocenters. The van der Waals surface area contributed by atoms with Crippen LogP contribution >= 0.6 is 0 Å². The fraction of sp³-hybridized carbons (Fsp3) is 0.100. The van der Waals surface area contributed by atoms with E-state index in [4.69, 9.17) is 16.3 Å². The lowest BCUT2D eigenvalue weighted by Crippen LogP contribution is -2.00. The zero-order valence-corrected chi connectivity index (χ0v) is 7.07. The van der Waals surface area contributed by atoms with Crippen LogP contribution in [0.3, 0.4) is 0 Å². The monoisotopic (exact) mass is 176 g/mol. The quantitative estimate of drug-likeness (QED) is 0.692. The number of carboxylic acids is 1. The SMILES string of the molecule is C#Cc1ccc(OC)cc1C(=O)O. The summed E-state index contributed by atoms with van der Waals surface area (Å²) in [5.74, 6) is 1.73. The number of methoxy groups -OCH3 is 1. The third kappa shape index (κ3) is 1.79. The van der Waals surface area contributed by atoms with Crippen LogP contribution in [0.4, 0.5) is 0 Å². The number of benzene rings is 1. The maximum atomic E-state index is 10.7. The molecule has 13 heavy (non-hydrogen) atoms. The Hall–Kier alpha value is -1.95. The molecule has 66 valence electrons. The zero-order valence-electron chi connectivity index (χ0n) is 7.07. The van der Waals surface area contributed by atoms with Gasteiger partial charge in [0.15, 0.2) is 0 Å². The van der Waals surface area contributed by atoms with Crippen LogP contribution in [0, 0.1) is 12.3 Å². The van der Waals surface area contributed by atoms with Gasteiger partial charge in [0.1, 0.15) is 5.75 Å². The van der Waals surface area contributed by atoms with Gasteiger partial charge >= 0.3 is 5.97 Å². The standard InChI is InChI=1S/C10H8O3/c1-3-7-4-5-8(13-2)6-9(7)10(11)12/h1,4-6H,2H3,(H,11,12). The van der Waals surface area contributed by atoms with Crippen LogP contribution < -0.4 is 4.74 Å². The molecule has 0 spiro atoms. The lowest BCUT2D eigenvalue weighted by Gasteiger charge is -2.02. The smallest absolute Gasteiger partial charge is 0.337 e. The minimum atomic E-state index is -1.05. The van der Waals surface area contributed by atoms with E-state index in [-0.39, 0.29) is 5.56 Å². The molecule has 0 aliphatic rings. The molecule has 1 N–H and O–H groups in total. The third-order valence-electron chi connectivity index (χ3n) is 1.61. The summed E-state index contributed by atoms with van der Waals surface area (Å²) in [5.41, 5.74) is 0.440. The first-order valence-corrected chi connectivity index (χ1v) is 3.57. The van der Waals surface area contributed by atoms with Crippen LogP contribution in [0.15, 0.2) is 18.2 Å². The largest absolute Gasteiger partial charge is 0.497 e. The van der Waals surface area contributed by atoms with E-state index in [0.717, 1.165) is 0 Å². The van der Waals surface area contributed by atoms with Crippen molar-refractivity contribution in [1.29, 1.82) is 0 Å². The first-order chi connectivity index (χ1) is 6.19. The zero-order chi connectivity index (χ0) is 9.84. The molecular weight excluding hydrogens is 168 g/mol. The summed E-state index contributed by atoms with van der Waals surface area (Å²) in [6.45, 7) is 0. The Morgan fingerprint density at radius 2 is 2.31 bits per heavy atom. The molecule has 0 saturated carbocycles. The highest BCUT2D eigenvalue weighted by atomic mass is 16.5. The van der Waals surface area contributed by atoms with E-state index in [1.807, 2.05) is 0 Å². The summed E-state index contributed by atoms with van der Waals surface area (Å²) in [6, 6.07) is 4.57. The van der Waals surface area contributed by atoms with Crippen molar-refractivity contribution in [3.8, 4) is 18.1 Å². The Morgan fingerprint density at radius 1 is 1.62 bits per heavy atom. The number of hydrogen-bond acceptors (Lipinski definition) is 2. The van der Waals surface area contributed by atoms with Gasteiger partial charge in [-0.2, -0.15) is 0 Å². The van der Waals surface area contributed by atoms with Crippen LogP contribution in [-0.2, 0) is 0 Å². The van der Waals surface area contributed by atoms with E-state index in [2.05, 4.69) is 5.92 Å². The number of terminal acetylenes is 1. The van der Waals surface area contributed by atoms with Crippen molar-refractivity contribution >= 4 is 5.97 Å². The molecule has 0 radical (unpaired) electrons. The van der Waals surface area contributed by atoms with Crippen molar-refractivity contribution < 1.29 is 14.6 Å². The van der Waals surface area contributed by atoms with Gasteiger partial charge in [-0.15, -0.1) is 6.42 Å². The normalized spacial score (nSPS) is 8.92. The summed E-state index contributed by atoms with van der Waals surface area (Å²) in [6.07, 6.45) is 5.13. The lowest BCUT2D eigenvalue weighted by atomic mass is 10.1. The average Bonchev–Trinajstić information content (AvgIpc) is 2.16. The minimum Gasteiger partial charge on any atom is -0.497 e. The molecule has 3 heteroatoms. The van der Waals surface area contributed by atoms with Gasteiger partial charge in [0.2, 0.25) is 0 Å². The maximum absolute atomic E-state index is 10.7. The molecule has 0 aliphatic carbocycles. The van der Waals surface area contributed by atoms with Crippen LogP contribution in [-0.4, -0.2) is 18.2 Å². The second-order valence-electron chi connectivity index (χ2n) is 2.36. The Bertz CT molecular complexity index is 374.